The molecule has 0 saturated carbocycles. The molecule has 0 atom stereocenters. The van der Waals surface area contributed by atoms with E-state index in [1.807, 2.05) is 6.92 Å². The Hall–Kier alpha value is -1.62. The van der Waals surface area contributed by atoms with Gasteiger partial charge < -0.3 is 15.7 Å². The predicted octanol–water partition coefficient (Wildman–Crippen LogP) is 0.118. The lowest BCUT2D eigenvalue weighted by molar-refractivity contribution is 0.0726. The lowest BCUT2D eigenvalue weighted by Gasteiger charge is -2.18. The molecule has 0 aliphatic heterocycles. The number of pyridine rings is 1. The van der Waals surface area contributed by atoms with Gasteiger partial charge in [0.2, 0.25) is 0 Å². The number of likely N-dealkylation sites (N-methyl/N-ethyl adjacent to an activating group) is 1. The van der Waals surface area contributed by atoms with Crippen LogP contribution in [-0.4, -0.2) is 40.6 Å². The molecule has 1 heterocycles. The van der Waals surface area contributed by atoms with Crippen LogP contribution in [0.3, 0.4) is 0 Å². The Kier molecular flexibility index (Phi) is 4.05. The Morgan fingerprint density at radius 1 is 1.60 bits per heavy atom. The fourth-order valence-corrected chi connectivity index (χ4v) is 1.26. The van der Waals surface area contributed by atoms with Crippen LogP contribution in [0, 0.1) is 0 Å². The average Bonchev–Trinajstić information content (AvgIpc) is 2.25. The molecule has 82 valence electrons. The van der Waals surface area contributed by atoms with Crippen molar-refractivity contribution in [3.8, 4) is 0 Å². The van der Waals surface area contributed by atoms with E-state index in [-0.39, 0.29) is 12.5 Å². The average molecular weight is 209 g/mol. The van der Waals surface area contributed by atoms with E-state index in [0.29, 0.717) is 24.6 Å². The van der Waals surface area contributed by atoms with E-state index in [9.17, 15) is 4.79 Å². The fraction of sp³-hybridized carbons (Fsp3) is 0.400. The van der Waals surface area contributed by atoms with Gasteiger partial charge in [-0.15, -0.1) is 0 Å². The van der Waals surface area contributed by atoms with Crippen molar-refractivity contribution in [1.29, 1.82) is 0 Å². The number of nitrogens with two attached hydrogens (primary N) is 1. The van der Waals surface area contributed by atoms with Gasteiger partial charge in [0.05, 0.1) is 6.61 Å². The Morgan fingerprint density at radius 3 is 2.87 bits per heavy atom. The molecule has 0 aliphatic rings. The minimum absolute atomic E-state index is 0.0537. The van der Waals surface area contributed by atoms with Gasteiger partial charge in [0, 0.05) is 13.1 Å². The highest BCUT2D eigenvalue weighted by atomic mass is 16.3. The normalized spacial score (nSPS) is 10.0. The summed E-state index contributed by atoms with van der Waals surface area (Å²) in [7, 11) is 0. The summed E-state index contributed by atoms with van der Waals surface area (Å²) in [6.07, 6.45) is 0. The molecule has 0 spiro atoms. The number of hydrogen-bond acceptors (Lipinski definition) is 4. The molecule has 3 N–H and O–H groups in total. The van der Waals surface area contributed by atoms with Crippen molar-refractivity contribution < 1.29 is 9.90 Å². The lowest BCUT2D eigenvalue weighted by Crippen LogP contribution is -2.33. The molecule has 15 heavy (non-hydrogen) atoms. The molecule has 1 aromatic heterocycles. The van der Waals surface area contributed by atoms with E-state index in [0.717, 1.165) is 0 Å². The molecule has 1 rings (SSSR count). The van der Waals surface area contributed by atoms with Crippen LogP contribution in [0.15, 0.2) is 18.2 Å². The van der Waals surface area contributed by atoms with E-state index in [4.69, 9.17) is 10.8 Å². The van der Waals surface area contributed by atoms with Gasteiger partial charge in [0.25, 0.3) is 5.91 Å². The smallest absolute Gasteiger partial charge is 0.272 e. The van der Waals surface area contributed by atoms with Crippen molar-refractivity contribution in [2.24, 2.45) is 0 Å². The Morgan fingerprint density at radius 2 is 2.33 bits per heavy atom. The number of carbonyl (C=O) groups is 1. The molecule has 0 aromatic carbocycles. The van der Waals surface area contributed by atoms with Crippen LogP contribution in [0.5, 0.6) is 0 Å². The standard InChI is InChI=1S/C10H15N3O2/c1-2-13(6-7-14)10(15)8-4-3-5-9(11)12-8/h3-5,14H,2,6-7H2,1H3,(H2,11,12). The second kappa shape index (κ2) is 5.31. The summed E-state index contributed by atoms with van der Waals surface area (Å²) in [4.78, 5) is 17.3. The first-order valence-corrected chi connectivity index (χ1v) is 4.81. The molecule has 0 aliphatic carbocycles. The van der Waals surface area contributed by atoms with Crippen LogP contribution in [0.4, 0.5) is 5.82 Å². The zero-order chi connectivity index (χ0) is 11.3. The van der Waals surface area contributed by atoms with E-state index < -0.39 is 0 Å². The number of aliphatic hydroxyl groups excluding tert-OH is 1. The van der Waals surface area contributed by atoms with Gasteiger partial charge in [-0.2, -0.15) is 0 Å². The number of nitrogen functional groups attached to an aromatic ring is 1. The highest BCUT2D eigenvalue weighted by Crippen LogP contribution is 2.04. The first-order chi connectivity index (χ1) is 7.19. The minimum atomic E-state index is -0.209. The van der Waals surface area contributed by atoms with Gasteiger partial charge in [0.15, 0.2) is 0 Å². The van der Waals surface area contributed by atoms with Crippen molar-refractivity contribution in [3.05, 3.63) is 23.9 Å². The number of nitrogens with zero attached hydrogens (tertiary/aromatic N) is 2. The van der Waals surface area contributed by atoms with Crippen LogP contribution < -0.4 is 5.73 Å². The third kappa shape index (κ3) is 2.92. The van der Waals surface area contributed by atoms with Gasteiger partial charge in [-0.25, -0.2) is 4.98 Å². The molecule has 0 saturated heterocycles. The zero-order valence-corrected chi connectivity index (χ0v) is 8.68. The summed E-state index contributed by atoms with van der Waals surface area (Å²) >= 11 is 0. The van der Waals surface area contributed by atoms with Crippen LogP contribution in [0.25, 0.3) is 0 Å². The molecule has 0 fully saturated rings. The molecule has 5 heteroatoms. The van der Waals surface area contributed by atoms with Gasteiger partial charge in [-0.05, 0) is 19.1 Å². The second-order valence-electron chi connectivity index (χ2n) is 3.06. The molecule has 1 amide bonds. The Balaban J connectivity index is 2.82. The van der Waals surface area contributed by atoms with Gasteiger partial charge in [0.1, 0.15) is 11.5 Å². The van der Waals surface area contributed by atoms with Crippen molar-refractivity contribution in [2.75, 3.05) is 25.4 Å². The summed E-state index contributed by atoms with van der Waals surface area (Å²) in [6.45, 7) is 2.64. The summed E-state index contributed by atoms with van der Waals surface area (Å²) in [5, 5.41) is 8.78. The molecule has 0 radical (unpaired) electrons. The minimum Gasteiger partial charge on any atom is -0.395 e. The summed E-state index contributed by atoms with van der Waals surface area (Å²) < 4.78 is 0. The topological polar surface area (TPSA) is 79.5 Å². The van der Waals surface area contributed by atoms with Crippen LogP contribution in [0.2, 0.25) is 0 Å². The van der Waals surface area contributed by atoms with Crippen LogP contribution in [-0.2, 0) is 0 Å². The van der Waals surface area contributed by atoms with Crippen molar-refractivity contribution in [3.63, 3.8) is 0 Å². The Labute approximate surface area is 88.5 Å². The highest BCUT2D eigenvalue weighted by molar-refractivity contribution is 5.92. The van der Waals surface area contributed by atoms with Gasteiger partial charge in [-0.1, -0.05) is 6.07 Å². The number of aliphatic hydroxyl groups is 1. The van der Waals surface area contributed by atoms with Gasteiger partial charge >= 0.3 is 0 Å². The lowest BCUT2D eigenvalue weighted by atomic mass is 10.3. The first kappa shape index (κ1) is 11.5. The van der Waals surface area contributed by atoms with Crippen LogP contribution in [0.1, 0.15) is 17.4 Å². The fourth-order valence-electron chi connectivity index (χ4n) is 1.26. The first-order valence-electron chi connectivity index (χ1n) is 4.81. The zero-order valence-electron chi connectivity index (χ0n) is 8.68. The molecule has 5 nitrogen and oxygen atoms in total. The van der Waals surface area contributed by atoms with E-state index >= 15 is 0 Å². The number of aromatic nitrogens is 1. The number of hydrogen-bond donors (Lipinski definition) is 2. The maximum atomic E-state index is 11.8. The summed E-state index contributed by atoms with van der Waals surface area (Å²) in [5.41, 5.74) is 5.79. The largest absolute Gasteiger partial charge is 0.395 e. The number of rotatable bonds is 4. The summed E-state index contributed by atoms with van der Waals surface area (Å²) in [6, 6.07) is 4.92. The Bertz CT molecular complexity index is 341. The molecule has 0 bridgehead atoms. The maximum absolute atomic E-state index is 11.8. The second-order valence-corrected chi connectivity index (χ2v) is 3.06. The highest BCUT2D eigenvalue weighted by Gasteiger charge is 2.14. The predicted molar refractivity (Wildman–Crippen MR) is 57.3 cm³/mol. The third-order valence-electron chi connectivity index (χ3n) is 2.03. The molecule has 0 unspecified atom stereocenters. The van der Waals surface area contributed by atoms with E-state index in [1.54, 1.807) is 18.2 Å². The molecular formula is C10H15N3O2. The monoisotopic (exact) mass is 209 g/mol. The van der Waals surface area contributed by atoms with E-state index in [1.165, 1.54) is 4.90 Å². The van der Waals surface area contributed by atoms with E-state index in [2.05, 4.69) is 4.98 Å². The summed E-state index contributed by atoms with van der Waals surface area (Å²) in [5.74, 6) is 0.111. The molecular weight excluding hydrogens is 194 g/mol. The van der Waals surface area contributed by atoms with Crippen molar-refractivity contribution >= 4 is 11.7 Å². The molecule has 1 aromatic rings. The number of carbonyl (C=O) groups excluding carboxylic acids is 1. The number of amides is 1. The SMILES string of the molecule is CCN(CCO)C(=O)c1cccc(N)n1. The van der Waals surface area contributed by atoms with Crippen molar-refractivity contribution in [1.82, 2.24) is 9.88 Å². The van der Waals surface area contributed by atoms with Crippen LogP contribution >= 0.6 is 0 Å². The maximum Gasteiger partial charge on any atom is 0.272 e. The third-order valence-corrected chi connectivity index (χ3v) is 2.03. The number of anilines is 1. The quantitative estimate of drug-likeness (QED) is 0.738. The van der Waals surface area contributed by atoms with Gasteiger partial charge in [-0.3, -0.25) is 4.79 Å². The van der Waals surface area contributed by atoms with Crippen molar-refractivity contribution in [2.45, 2.75) is 6.92 Å².